The molecule has 2 heterocycles. The summed E-state index contributed by atoms with van der Waals surface area (Å²) in [5.74, 6) is 2.52. The van der Waals surface area contributed by atoms with E-state index in [2.05, 4.69) is 15.4 Å². The highest BCUT2D eigenvalue weighted by Crippen LogP contribution is 2.28. The summed E-state index contributed by atoms with van der Waals surface area (Å²) >= 11 is 0. The van der Waals surface area contributed by atoms with Crippen LogP contribution in [0.1, 0.15) is 24.6 Å². The molecule has 1 N–H and O–H groups in total. The summed E-state index contributed by atoms with van der Waals surface area (Å²) in [6, 6.07) is 19.4. The molecule has 0 unspecified atom stereocenters. The van der Waals surface area contributed by atoms with Crippen LogP contribution in [0.5, 0.6) is 11.5 Å². The average Bonchev–Trinajstić information content (AvgIpc) is 3.18. The number of ether oxygens (including phenoxy) is 2. The summed E-state index contributed by atoms with van der Waals surface area (Å²) < 4.78 is 12.6. The third-order valence-electron chi connectivity index (χ3n) is 5.07. The normalized spacial score (nSPS) is 10.8. The number of anilines is 1. The smallest absolute Gasteiger partial charge is 0.225 e. The molecule has 7 heteroatoms. The van der Waals surface area contributed by atoms with Crippen LogP contribution in [0.4, 0.5) is 5.82 Å². The molecular formula is C25H26N4O3. The molecule has 4 rings (SSSR count). The first-order valence-corrected chi connectivity index (χ1v) is 10.6. The first kappa shape index (κ1) is 21.4. The number of rotatable bonds is 8. The van der Waals surface area contributed by atoms with Crippen LogP contribution in [0.2, 0.25) is 0 Å². The van der Waals surface area contributed by atoms with Gasteiger partial charge in [0.05, 0.1) is 24.9 Å². The Morgan fingerprint density at radius 1 is 1.06 bits per heavy atom. The Balaban J connectivity index is 1.47. The van der Waals surface area contributed by atoms with Crippen LogP contribution in [0.15, 0.2) is 60.7 Å². The lowest BCUT2D eigenvalue weighted by Crippen LogP contribution is -2.16. The van der Waals surface area contributed by atoms with Crippen molar-refractivity contribution < 1.29 is 14.3 Å². The molecule has 0 aliphatic rings. The number of aromatic nitrogens is 3. The fourth-order valence-corrected chi connectivity index (χ4v) is 3.54. The van der Waals surface area contributed by atoms with Crippen molar-refractivity contribution in [2.24, 2.45) is 0 Å². The standard InChI is InChI=1S/C25H26N4O3/c1-4-32-21-12-9-18(16-22(21)31-3)10-14-25(30)27-24-15-17(2)28-29(24)23-13-11-19-7-5-6-8-20(19)26-23/h5-9,11-13,15-16H,4,10,14H2,1-3H3,(H,27,30). The number of carbonyl (C=O) groups excluding carboxylic acids is 1. The van der Waals surface area contributed by atoms with Crippen LogP contribution in [0.25, 0.3) is 16.7 Å². The molecule has 0 spiro atoms. The van der Waals surface area contributed by atoms with Gasteiger partial charge in [0.2, 0.25) is 5.91 Å². The number of hydrogen-bond acceptors (Lipinski definition) is 5. The molecule has 0 aliphatic heterocycles. The lowest BCUT2D eigenvalue weighted by molar-refractivity contribution is -0.116. The number of nitrogens with one attached hydrogen (secondary N) is 1. The van der Waals surface area contributed by atoms with E-state index in [1.54, 1.807) is 11.8 Å². The average molecular weight is 431 g/mol. The van der Waals surface area contributed by atoms with E-state index in [0.29, 0.717) is 42.6 Å². The summed E-state index contributed by atoms with van der Waals surface area (Å²) in [5.41, 5.74) is 2.67. The Morgan fingerprint density at radius 2 is 1.91 bits per heavy atom. The van der Waals surface area contributed by atoms with Gasteiger partial charge in [0.15, 0.2) is 17.3 Å². The molecule has 0 saturated heterocycles. The van der Waals surface area contributed by atoms with Crippen LogP contribution in [-0.2, 0) is 11.2 Å². The maximum absolute atomic E-state index is 12.7. The van der Waals surface area contributed by atoms with Gasteiger partial charge in [-0.1, -0.05) is 24.3 Å². The second-order valence-electron chi connectivity index (χ2n) is 7.41. The van der Waals surface area contributed by atoms with Crippen molar-refractivity contribution in [2.75, 3.05) is 19.0 Å². The minimum absolute atomic E-state index is 0.0974. The Kier molecular flexibility index (Phi) is 6.35. The molecule has 0 bridgehead atoms. The van der Waals surface area contributed by atoms with E-state index in [0.717, 1.165) is 22.2 Å². The number of aryl methyl sites for hydroxylation is 2. The number of benzene rings is 2. The highest BCUT2D eigenvalue weighted by atomic mass is 16.5. The van der Waals surface area contributed by atoms with Crippen molar-refractivity contribution in [1.29, 1.82) is 0 Å². The van der Waals surface area contributed by atoms with Gasteiger partial charge < -0.3 is 14.8 Å². The van der Waals surface area contributed by atoms with E-state index in [9.17, 15) is 4.79 Å². The van der Waals surface area contributed by atoms with Gasteiger partial charge in [0.25, 0.3) is 0 Å². The molecule has 32 heavy (non-hydrogen) atoms. The third kappa shape index (κ3) is 4.72. The van der Waals surface area contributed by atoms with Gasteiger partial charge in [-0.2, -0.15) is 9.78 Å². The molecule has 7 nitrogen and oxygen atoms in total. The summed E-state index contributed by atoms with van der Waals surface area (Å²) in [6.07, 6.45) is 0.905. The zero-order chi connectivity index (χ0) is 22.5. The fraction of sp³-hybridized carbons (Fsp3) is 0.240. The number of methoxy groups -OCH3 is 1. The van der Waals surface area contributed by atoms with Crippen molar-refractivity contribution >= 4 is 22.6 Å². The maximum atomic E-state index is 12.7. The summed E-state index contributed by atoms with van der Waals surface area (Å²) in [6.45, 7) is 4.38. The Labute approximate surface area is 187 Å². The van der Waals surface area contributed by atoms with Crippen molar-refractivity contribution in [3.05, 3.63) is 71.9 Å². The van der Waals surface area contributed by atoms with Crippen LogP contribution in [0.3, 0.4) is 0 Å². The van der Waals surface area contributed by atoms with Crippen molar-refractivity contribution in [2.45, 2.75) is 26.7 Å². The Morgan fingerprint density at radius 3 is 2.72 bits per heavy atom. The Hall–Kier alpha value is -3.87. The number of carbonyl (C=O) groups is 1. The van der Waals surface area contributed by atoms with Crippen LogP contribution >= 0.6 is 0 Å². The van der Waals surface area contributed by atoms with Gasteiger partial charge in [-0.05, 0) is 56.2 Å². The summed E-state index contributed by atoms with van der Waals surface area (Å²) in [4.78, 5) is 17.4. The predicted octanol–water partition coefficient (Wildman–Crippen LogP) is 4.71. The van der Waals surface area contributed by atoms with Crippen molar-refractivity contribution in [1.82, 2.24) is 14.8 Å². The number of pyridine rings is 1. The number of fused-ring (bicyclic) bond motifs is 1. The van der Waals surface area contributed by atoms with Gasteiger partial charge >= 0.3 is 0 Å². The monoisotopic (exact) mass is 430 g/mol. The molecule has 1 amide bonds. The quantitative estimate of drug-likeness (QED) is 0.438. The minimum atomic E-state index is -0.0974. The first-order valence-electron chi connectivity index (χ1n) is 10.6. The molecule has 164 valence electrons. The van der Waals surface area contributed by atoms with Gasteiger partial charge in [0, 0.05) is 17.9 Å². The van der Waals surface area contributed by atoms with E-state index in [-0.39, 0.29) is 5.91 Å². The molecule has 2 aromatic heterocycles. The van der Waals surface area contributed by atoms with Gasteiger partial charge in [0.1, 0.15) is 5.82 Å². The van der Waals surface area contributed by atoms with Crippen molar-refractivity contribution in [3.8, 4) is 17.3 Å². The van der Waals surface area contributed by atoms with Gasteiger partial charge in [-0.15, -0.1) is 0 Å². The second kappa shape index (κ2) is 9.51. The van der Waals surface area contributed by atoms with Crippen LogP contribution in [-0.4, -0.2) is 34.4 Å². The number of para-hydroxylation sites is 1. The van der Waals surface area contributed by atoms with E-state index >= 15 is 0 Å². The number of nitrogens with zero attached hydrogens (tertiary/aromatic N) is 3. The van der Waals surface area contributed by atoms with Crippen molar-refractivity contribution in [3.63, 3.8) is 0 Å². The fourth-order valence-electron chi connectivity index (χ4n) is 3.54. The molecule has 0 fully saturated rings. The van der Waals surface area contributed by atoms with E-state index in [1.807, 2.05) is 74.5 Å². The molecule has 0 atom stereocenters. The Bertz CT molecular complexity index is 1250. The van der Waals surface area contributed by atoms with Crippen LogP contribution in [0, 0.1) is 6.92 Å². The first-order chi connectivity index (χ1) is 15.6. The van der Waals surface area contributed by atoms with E-state index in [4.69, 9.17) is 9.47 Å². The lowest BCUT2D eigenvalue weighted by atomic mass is 10.1. The minimum Gasteiger partial charge on any atom is -0.493 e. The summed E-state index contributed by atoms with van der Waals surface area (Å²) in [7, 11) is 1.61. The zero-order valence-corrected chi connectivity index (χ0v) is 18.5. The molecule has 0 aliphatic carbocycles. The van der Waals surface area contributed by atoms with Gasteiger partial charge in [-0.25, -0.2) is 4.98 Å². The highest BCUT2D eigenvalue weighted by Gasteiger charge is 2.13. The molecule has 0 radical (unpaired) electrons. The molecule has 4 aromatic rings. The number of amides is 1. The number of hydrogen-bond donors (Lipinski definition) is 1. The highest BCUT2D eigenvalue weighted by molar-refractivity contribution is 5.90. The van der Waals surface area contributed by atoms with Gasteiger partial charge in [-0.3, -0.25) is 4.79 Å². The topological polar surface area (TPSA) is 78.3 Å². The largest absolute Gasteiger partial charge is 0.493 e. The van der Waals surface area contributed by atoms with E-state index in [1.165, 1.54) is 0 Å². The molecular weight excluding hydrogens is 404 g/mol. The maximum Gasteiger partial charge on any atom is 0.225 e. The molecule has 0 saturated carbocycles. The summed E-state index contributed by atoms with van der Waals surface area (Å²) in [5, 5.41) is 8.54. The predicted molar refractivity (Wildman–Crippen MR) is 125 cm³/mol. The van der Waals surface area contributed by atoms with E-state index < -0.39 is 0 Å². The van der Waals surface area contributed by atoms with Crippen LogP contribution < -0.4 is 14.8 Å². The zero-order valence-electron chi connectivity index (χ0n) is 18.5. The second-order valence-corrected chi connectivity index (χ2v) is 7.41. The lowest BCUT2D eigenvalue weighted by Gasteiger charge is -2.11. The third-order valence-corrected chi connectivity index (χ3v) is 5.07. The SMILES string of the molecule is CCOc1ccc(CCC(=O)Nc2cc(C)nn2-c2ccc3ccccc3n2)cc1OC. The molecule has 2 aromatic carbocycles.